The molecule has 74 valence electrons. The number of hydrogen-bond donors (Lipinski definition) is 2. The van der Waals surface area contributed by atoms with Crippen molar-refractivity contribution in [1.82, 2.24) is 10.3 Å². The minimum Gasteiger partial charge on any atom is -0.344 e. The standard InChI is InChI=1S/C10H13N3O/c11-7-10(4-5-10)13-9(14)8-3-1-2-6-12-8/h1-3,6H,4-5,7,11H2,(H,13,14). The number of nitrogens with zero attached hydrogens (tertiary/aromatic N) is 1. The summed E-state index contributed by atoms with van der Waals surface area (Å²) in [4.78, 5) is 15.6. The summed E-state index contributed by atoms with van der Waals surface area (Å²) in [5.41, 5.74) is 5.87. The van der Waals surface area contributed by atoms with E-state index < -0.39 is 0 Å². The number of hydrogen-bond acceptors (Lipinski definition) is 3. The summed E-state index contributed by atoms with van der Waals surface area (Å²) >= 11 is 0. The van der Waals surface area contributed by atoms with Crippen molar-refractivity contribution in [2.45, 2.75) is 18.4 Å². The number of carbonyl (C=O) groups excluding carboxylic acids is 1. The van der Waals surface area contributed by atoms with Crippen LogP contribution < -0.4 is 11.1 Å². The Hall–Kier alpha value is -1.42. The predicted molar refractivity (Wildman–Crippen MR) is 52.7 cm³/mol. The lowest BCUT2D eigenvalue weighted by Gasteiger charge is -2.13. The van der Waals surface area contributed by atoms with Crippen molar-refractivity contribution < 1.29 is 4.79 Å². The van der Waals surface area contributed by atoms with E-state index in [1.807, 2.05) is 0 Å². The first kappa shape index (κ1) is 9.15. The minimum atomic E-state index is -0.144. The molecule has 14 heavy (non-hydrogen) atoms. The van der Waals surface area contributed by atoms with Crippen LogP contribution in [0.5, 0.6) is 0 Å². The summed E-state index contributed by atoms with van der Waals surface area (Å²) in [5.74, 6) is -0.131. The molecule has 0 aliphatic heterocycles. The highest BCUT2D eigenvalue weighted by atomic mass is 16.2. The largest absolute Gasteiger partial charge is 0.344 e. The van der Waals surface area contributed by atoms with Crippen LogP contribution in [0.15, 0.2) is 24.4 Å². The molecule has 1 saturated carbocycles. The molecular formula is C10H13N3O. The van der Waals surface area contributed by atoms with E-state index in [9.17, 15) is 4.79 Å². The van der Waals surface area contributed by atoms with Gasteiger partial charge in [-0.3, -0.25) is 9.78 Å². The van der Waals surface area contributed by atoms with Crippen LogP contribution in [0.4, 0.5) is 0 Å². The first-order valence-electron chi connectivity index (χ1n) is 4.69. The predicted octanol–water partition coefficient (Wildman–Crippen LogP) is 0.303. The molecule has 1 aliphatic rings. The summed E-state index contributed by atoms with van der Waals surface area (Å²) in [6.45, 7) is 0.506. The third-order valence-corrected chi connectivity index (χ3v) is 2.52. The van der Waals surface area contributed by atoms with E-state index in [1.165, 1.54) is 0 Å². The molecule has 4 heteroatoms. The van der Waals surface area contributed by atoms with Gasteiger partial charge in [0.15, 0.2) is 0 Å². The maximum Gasteiger partial charge on any atom is 0.270 e. The summed E-state index contributed by atoms with van der Waals surface area (Å²) in [5, 5.41) is 2.91. The van der Waals surface area contributed by atoms with Crippen molar-refractivity contribution in [3.63, 3.8) is 0 Å². The van der Waals surface area contributed by atoms with Crippen molar-refractivity contribution in [3.8, 4) is 0 Å². The van der Waals surface area contributed by atoms with Gasteiger partial charge in [0.25, 0.3) is 5.91 Å². The van der Waals surface area contributed by atoms with Gasteiger partial charge in [-0.2, -0.15) is 0 Å². The maximum absolute atomic E-state index is 11.6. The molecule has 4 nitrogen and oxygen atoms in total. The summed E-state index contributed by atoms with van der Waals surface area (Å²) in [7, 11) is 0. The zero-order valence-electron chi connectivity index (χ0n) is 7.86. The van der Waals surface area contributed by atoms with Gasteiger partial charge in [-0.25, -0.2) is 0 Å². The fourth-order valence-electron chi connectivity index (χ4n) is 1.33. The van der Waals surface area contributed by atoms with Crippen molar-refractivity contribution in [1.29, 1.82) is 0 Å². The molecule has 0 aromatic carbocycles. The van der Waals surface area contributed by atoms with Crippen molar-refractivity contribution in [2.24, 2.45) is 5.73 Å². The highest BCUT2D eigenvalue weighted by molar-refractivity contribution is 5.93. The molecule has 1 aliphatic carbocycles. The van der Waals surface area contributed by atoms with E-state index in [4.69, 9.17) is 5.73 Å². The fraction of sp³-hybridized carbons (Fsp3) is 0.400. The molecule has 0 atom stereocenters. The Labute approximate surface area is 82.5 Å². The molecule has 0 spiro atoms. The van der Waals surface area contributed by atoms with Gasteiger partial charge in [-0.1, -0.05) is 6.07 Å². The smallest absolute Gasteiger partial charge is 0.270 e. The molecule has 2 rings (SSSR count). The molecule has 1 aromatic rings. The summed E-state index contributed by atoms with van der Waals surface area (Å²) < 4.78 is 0. The van der Waals surface area contributed by atoms with E-state index in [0.29, 0.717) is 12.2 Å². The van der Waals surface area contributed by atoms with Gasteiger partial charge in [-0.05, 0) is 25.0 Å². The summed E-state index contributed by atoms with van der Waals surface area (Å²) in [6.07, 6.45) is 3.56. The lowest BCUT2D eigenvalue weighted by Crippen LogP contribution is -2.42. The van der Waals surface area contributed by atoms with Crippen molar-refractivity contribution >= 4 is 5.91 Å². The first-order valence-corrected chi connectivity index (χ1v) is 4.69. The average Bonchev–Trinajstić information content (AvgIpc) is 3.00. The van der Waals surface area contributed by atoms with Gasteiger partial charge in [0.05, 0.1) is 5.54 Å². The van der Waals surface area contributed by atoms with Gasteiger partial charge in [-0.15, -0.1) is 0 Å². The zero-order valence-corrected chi connectivity index (χ0v) is 7.86. The fourth-order valence-corrected chi connectivity index (χ4v) is 1.33. The Balaban J connectivity index is 2.03. The number of amides is 1. The van der Waals surface area contributed by atoms with Crippen LogP contribution in [0.3, 0.4) is 0 Å². The number of nitrogens with one attached hydrogen (secondary N) is 1. The second-order valence-electron chi connectivity index (χ2n) is 3.65. The van der Waals surface area contributed by atoms with Crippen LogP contribution in [0.2, 0.25) is 0 Å². The van der Waals surface area contributed by atoms with Crippen LogP contribution in [-0.2, 0) is 0 Å². The molecular weight excluding hydrogens is 178 g/mol. The van der Waals surface area contributed by atoms with E-state index in [0.717, 1.165) is 12.8 Å². The number of pyridine rings is 1. The van der Waals surface area contributed by atoms with Crippen LogP contribution in [0.25, 0.3) is 0 Å². The van der Waals surface area contributed by atoms with Gasteiger partial charge in [0.2, 0.25) is 0 Å². The third kappa shape index (κ3) is 1.75. The van der Waals surface area contributed by atoms with E-state index in [-0.39, 0.29) is 11.4 Å². The maximum atomic E-state index is 11.6. The Morgan fingerprint density at radius 1 is 1.57 bits per heavy atom. The first-order chi connectivity index (χ1) is 6.76. The topological polar surface area (TPSA) is 68.0 Å². The number of nitrogens with two attached hydrogens (primary N) is 1. The Morgan fingerprint density at radius 3 is 2.86 bits per heavy atom. The molecule has 1 fully saturated rings. The zero-order chi connectivity index (χ0) is 10.0. The number of rotatable bonds is 3. The SMILES string of the molecule is NCC1(NC(=O)c2ccccn2)CC1. The van der Waals surface area contributed by atoms with E-state index in [1.54, 1.807) is 24.4 Å². The van der Waals surface area contributed by atoms with Crippen LogP contribution in [0.1, 0.15) is 23.3 Å². The summed E-state index contributed by atoms with van der Waals surface area (Å²) in [6, 6.07) is 5.28. The quantitative estimate of drug-likeness (QED) is 0.722. The van der Waals surface area contributed by atoms with Gasteiger partial charge >= 0.3 is 0 Å². The monoisotopic (exact) mass is 191 g/mol. The Kier molecular flexibility index (Phi) is 2.21. The van der Waals surface area contributed by atoms with Gasteiger partial charge in [0, 0.05) is 12.7 Å². The lowest BCUT2D eigenvalue weighted by atomic mass is 10.2. The number of carbonyl (C=O) groups is 1. The van der Waals surface area contributed by atoms with Crippen LogP contribution in [0, 0.1) is 0 Å². The molecule has 0 saturated heterocycles. The molecule has 1 amide bonds. The van der Waals surface area contributed by atoms with Crippen LogP contribution >= 0.6 is 0 Å². The van der Waals surface area contributed by atoms with Gasteiger partial charge in [0.1, 0.15) is 5.69 Å². The highest BCUT2D eigenvalue weighted by Crippen LogP contribution is 2.34. The van der Waals surface area contributed by atoms with Gasteiger partial charge < -0.3 is 11.1 Å². The molecule has 0 radical (unpaired) electrons. The normalized spacial score (nSPS) is 17.5. The van der Waals surface area contributed by atoms with E-state index in [2.05, 4.69) is 10.3 Å². The third-order valence-electron chi connectivity index (χ3n) is 2.52. The van der Waals surface area contributed by atoms with Crippen molar-refractivity contribution in [3.05, 3.63) is 30.1 Å². The highest BCUT2D eigenvalue weighted by Gasteiger charge is 2.42. The molecule has 0 unspecified atom stereocenters. The van der Waals surface area contributed by atoms with Crippen LogP contribution in [-0.4, -0.2) is 23.0 Å². The average molecular weight is 191 g/mol. The second-order valence-corrected chi connectivity index (χ2v) is 3.65. The molecule has 1 heterocycles. The molecule has 0 bridgehead atoms. The minimum absolute atomic E-state index is 0.131. The molecule has 3 N–H and O–H groups in total. The molecule has 1 aromatic heterocycles. The Bertz CT molecular complexity index is 332. The van der Waals surface area contributed by atoms with Crippen molar-refractivity contribution in [2.75, 3.05) is 6.54 Å². The Morgan fingerprint density at radius 2 is 2.36 bits per heavy atom. The number of aromatic nitrogens is 1. The van der Waals surface area contributed by atoms with E-state index >= 15 is 0 Å². The second kappa shape index (κ2) is 3.38. The lowest BCUT2D eigenvalue weighted by molar-refractivity contribution is 0.0928.